The topological polar surface area (TPSA) is 69.0 Å². The Kier molecular flexibility index (Phi) is 5.31. The van der Waals surface area contributed by atoms with Gasteiger partial charge in [-0.05, 0) is 48.2 Å². The summed E-state index contributed by atoms with van der Waals surface area (Å²) in [4.78, 5) is 18.7. The first-order valence-corrected chi connectivity index (χ1v) is 10.1. The van der Waals surface area contributed by atoms with Gasteiger partial charge in [-0.25, -0.2) is 4.39 Å². The Morgan fingerprint density at radius 3 is 2.74 bits per heavy atom. The number of amides is 1. The molecule has 1 aromatic heterocycles. The van der Waals surface area contributed by atoms with E-state index in [9.17, 15) is 14.3 Å². The van der Waals surface area contributed by atoms with E-state index in [1.54, 1.807) is 35.3 Å². The number of carbonyl (C=O) groups is 1. The normalized spacial score (nSPS) is 13.8. The van der Waals surface area contributed by atoms with Crippen molar-refractivity contribution >= 4 is 34.1 Å². The summed E-state index contributed by atoms with van der Waals surface area (Å²) in [5.41, 5.74) is 4.60. The lowest BCUT2D eigenvalue weighted by molar-refractivity contribution is 0.0814. The Bertz CT molecular complexity index is 1260. The van der Waals surface area contributed by atoms with Crippen LogP contribution in [0, 0.1) is 5.82 Å². The first kappa shape index (κ1) is 21.1. The van der Waals surface area contributed by atoms with Crippen molar-refractivity contribution in [2.45, 2.75) is 19.9 Å². The second kappa shape index (κ2) is 7.81. The quantitative estimate of drug-likeness (QED) is 0.487. The van der Waals surface area contributed by atoms with Gasteiger partial charge >= 0.3 is 0 Å². The summed E-state index contributed by atoms with van der Waals surface area (Å²) in [7, 11) is 5.35. The Morgan fingerprint density at radius 2 is 2.06 bits per heavy atom. The van der Waals surface area contributed by atoms with Crippen molar-refractivity contribution in [2.75, 3.05) is 21.1 Å². The zero-order valence-corrected chi connectivity index (χ0v) is 18.5. The number of rotatable bonds is 4. The highest BCUT2D eigenvalue weighted by Gasteiger charge is 2.33. The van der Waals surface area contributed by atoms with Crippen molar-refractivity contribution in [3.63, 3.8) is 0 Å². The standard InChI is InChI=1S/C23H22ClFN4O2/c1-12(27-28(2)3)19-15-8-14(7-13-5-6-18(25)17(24)9-13)10-26-21(15)22(30)20-16(19)11-29(4)23(20)31/h5-6,8-10,30H,7,11H2,1-4H3/b27-12-. The van der Waals surface area contributed by atoms with Crippen LogP contribution in [-0.2, 0) is 13.0 Å². The molecule has 0 saturated carbocycles. The third-order valence-corrected chi connectivity index (χ3v) is 5.63. The van der Waals surface area contributed by atoms with Crippen molar-refractivity contribution in [1.29, 1.82) is 0 Å². The number of hydrazone groups is 1. The lowest BCUT2D eigenvalue weighted by Crippen LogP contribution is -2.17. The third kappa shape index (κ3) is 3.70. The minimum Gasteiger partial charge on any atom is -0.505 e. The number of hydrogen-bond donors (Lipinski definition) is 1. The molecule has 2 aromatic carbocycles. The van der Waals surface area contributed by atoms with Gasteiger partial charge in [-0.15, -0.1) is 0 Å². The van der Waals surface area contributed by atoms with Crippen molar-refractivity contribution in [1.82, 2.24) is 14.9 Å². The number of carbonyl (C=O) groups excluding carboxylic acids is 1. The summed E-state index contributed by atoms with van der Waals surface area (Å²) in [6.07, 6.45) is 2.14. The van der Waals surface area contributed by atoms with E-state index in [4.69, 9.17) is 11.6 Å². The van der Waals surface area contributed by atoms with E-state index in [1.807, 2.05) is 27.1 Å². The van der Waals surface area contributed by atoms with E-state index in [0.717, 1.165) is 28.0 Å². The molecule has 4 rings (SSSR count). The van der Waals surface area contributed by atoms with Crippen LogP contribution in [-0.4, -0.2) is 52.8 Å². The summed E-state index contributed by atoms with van der Waals surface area (Å²) in [6.45, 7) is 2.26. The minimum atomic E-state index is -0.464. The van der Waals surface area contributed by atoms with Crippen LogP contribution >= 0.6 is 11.6 Å². The second-order valence-electron chi connectivity index (χ2n) is 7.94. The summed E-state index contributed by atoms with van der Waals surface area (Å²) in [5.74, 6) is -0.814. The molecule has 3 aromatic rings. The van der Waals surface area contributed by atoms with Crippen LogP contribution in [0.15, 0.2) is 35.6 Å². The molecule has 1 amide bonds. The summed E-state index contributed by atoms with van der Waals surface area (Å²) in [5, 5.41) is 17.9. The second-order valence-corrected chi connectivity index (χ2v) is 8.34. The molecule has 1 N–H and O–H groups in total. The maximum Gasteiger partial charge on any atom is 0.258 e. The van der Waals surface area contributed by atoms with Crippen LogP contribution in [0.3, 0.4) is 0 Å². The fourth-order valence-corrected chi connectivity index (χ4v) is 4.27. The van der Waals surface area contributed by atoms with Crippen LogP contribution in [0.5, 0.6) is 5.75 Å². The van der Waals surface area contributed by atoms with Crippen molar-refractivity contribution in [3.8, 4) is 5.75 Å². The van der Waals surface area contributed by atoms with Crippen molar-refractivity contribution in [3.05, 3.63) is 69.1 Å². The maximum atomic E-state index is 13.5. The number of aromatic hydroxyl groups is 1. The van der Waals surface area contributed by atoms with Gasteiger partial charge in [0.1, 0.15) is 11.3 Å². The number of benzene rings is 2. The van der Waals surface area contributed by atoms with E-state index < -0.39 is 5.82 Å². The molecule has 0 saturated heterocycles. The molecule has 1 aliphatic rings. The molecular formula is C23H22ClFN4O2. The lowest BCUT2D eigenvalue weighted by atomic mass is 9.92. The molecule has 0 atom stereocenters. The predicted molar refractivity (Wildman–Crippen MR) is 119 cm³/mol. The average molecular weight is 441 g/mol. The molecule has 0 bridgehead atoms. The van der Waals surface area contributed by atoms with Gasteiger partial charge in [0.05, 0.1) is 16.3 Å². The molecular weight excluding hydrogens is 419 g/mol. The first-order chi connectivity index (χ1) is 14.7. The third-order valence-electron chi connectivity index (χ3n) is 5.34. The molecule has 0 unspecified atom stereocenters. The number of phenols is 1. The van der Waals surface area contributed by atoms with Gasteiger partial charge < -0.3 is 15.0 Å². The van der Waals surface area contributed by atoms with Gasteiger partial charge in [0.25, 0.3) is 5.91 Å². The molecule has 31 heavy (non-hydrogen) atoms. The number of hydrogen-bond acceptors (Lipinski definition) is 5. The summed E-state index contributed by atoms with van der Waals surface area (Å²) < 4.78 is 13.5. The SMILES string of the molecule is C/C(=N/N(C)C)c1c2c(c(O)c3ncc(Cc4ccc(F)c(Cl)c4)cc13)C(=O)N(C)C2. The van der Waals surface area contributed by atoms with E-state index >= 15 is 0 Å². The average Bonchev–Trinajstić information content (AvgIpc) is 2.99. The van der Waals surface area contributed by atoms with Crippen molar-refractivity contribution < 1.29 is 14.3 Å². The predicted octanol–water partition coefficient (Wildman–Crippen LogP) is 4.19. The number of pyridine rings is 1. The Morgan fingerprint density at radius 1 is 1.32 bits per heavy atom. The molecule has 0 aliphatic carbocycles. The van der Waals surface area contributed by atoms with Gasteiger partial charge in [0, 0.05) is 44.8 Å². The molecule has 0 fully saturated rings. The molecule has 8 heteroatoms. The fourth-order valence-electron chi connectivity index (χ4n) is 4.07. The molecule has 2 heterocycles. The molecule has 160 valence electrons. The van der Waals surface area contributed by atoms with Gasteiger partial charge in [0.15, 0.2) is 5.75 Å². The Balaban J connectivity index is 1.93. The summed E-state index contributed by atoms with van der Waals surface area (Å²) in [6, 6.07) is 6.55. The van der Waals surface area contributed by atoms with Crippen LogP contribution in [0.2, 0.25) is 5.02 Å². The minimum absolute atomic E-state index is 0.0675. The van der Waals surface area contributed by atoms with E-state index in [0.29, 0.717) is 23.9 Å². The molecule has 1 aliphatic heterocycles. The molecule has 0 radical (unpaired) electrons. The number of aromatic nitrogens is 1. The highest BCUT2D eigenvalue weighted by Crippen LogP contribution is 2.40. The lowest BCUT2D eigenvalue weighted by Gasteiger charge is -2.16. The highest BCUT2D eigenvalue weighted by atomic mass is 35.5. The Labute approximate surface area is 184 Å². The van der Waals surface area contributed by atoms with Crippen LogP contribution < -0.4 is 0 Å². The zero-order valence-electron chi connectivity index (χ0n) is 17.7. The number of phenolic OH excluding ortho intramolecular Hbond substituents is 1. The van der Waals surface area contributed by atoms with Crippen molar-refractivity contribution in [2.24, 2.45) is 5.10 Å². The van der Waals surface area contributed by atoms with Gasteiger partial charge in [0.2, 0.25) is 0 Å². The molecule has 0 spiro atoms. The Hall–Kier alpha value is -3.19. The van der Waals surface area contributed by atoms with E-state index in [-0.39, 0.29) is 22.2 Å². The fraction of sp³-hybridized carbons (Fsp3) is 0.261. The van der Waals surface area contributed by atoms with Gasteiger partial charge in [-0.2, -0.15) is 5.10 Å². The maximum absolute atomic E-state index is 13.5. The van der Waals surface area contributed by atoms with Crippen LogP contribution in [0.25, 0.3) is 10.9 Å². The highest BCUT2D eigenvalue weighted by molar-refractivity contribution is 6.30. The van der Waals surface area contributed by atoms with Gasteiger partial charge in [-0.3, -0.25) is 9.78 Å². The monoisotopic (exact) mass is 440 g/mol. The van der Waals surface area contributed by atoms with Gasteiger partial charge in [-0.1, -0.05) is 17.7 Å². The largest absolute Gasteiger partial charge is 0.505 e. The van der Waals surface area contributed by atoms with E-state index in [2.05, 4.69) is 10.1 Å². The smallest absolute Gasteiger partial charge is 0.258 e. The van der Waals surface area contributed by atoms with Crippen LogP contribution in [0.4, 0.5) is 4.39 Å². The van der Waals surface area contributed by atoms with Crippen LogP contribution in [0.1, 0.15) is 39.5 Å². The first-order valence-electron chi connectivity index (χ1n) is 9.76. The number of fused-ring (bicyclic) bond motifs is 2. The van der Waals surface area contributed by atoms with E-state index in [1.165, 1.54) is 6.07 Å². The number of nitrogens with zero attached hydrogens (tertiary/aromatic N) is 4. The zero-order chi connectivity index (χ0) is 22.4. The number of halogens is 2. The molecule has 6 nitrogen and oxygen atoms in total. The summed E-state index contributed by atoms with van der Waals surface area (Å²) >= 11 is 5.92.